The molecule has 0 aromatic heterocycles. The molecule has 0 bridgehead atoms. The van der Waals surface area contributed by atoms with Gasteiger partial charge in [-0.3, -0.25) is 9.69 Å². The Kier molecular flexibility index (Phi) is 5.39. The lowest BCUT2D eigenvalue weighted by molar-refractivity contribution is -0.126. The third kappa shape index (κ3) is 4.67. The summed E-state index contributed by atoms with van der Waals surface area (Å²) in [7, 11) is 0. The summed E-state index contributed by atoms with van der Waals surface area (Å²) in [5, 5.41) is 12.6. The minimum absolute atomic E-state index is 0.0423. The molecule has 1 aliphatic heterocycles. The van der Waals surface area contributed by atoms with Gasteiger partial charge in [0.2, 0.25) is 5.91 Å². The van der Waals surface area contributed by atoms with Crippen molar-refractivity contribution in [1.82, 2.24) is 10.2 Å². The molecule has 1 rings (SSSR count). The van der Waals surface area contributed by atoms with Crippen LogP contribution in [0.3, 0.4) is 0 Å². The predicted octanol–water partition coefficient (Wildman–Crippen LogP) is 1.27. The normalized spacial score (nSPS) is 24.4. The zero-order valence-corrected chi connectivity index (χ0v) is 13.0. The maximum atomic E-state index is 12.2. The second-order valence-corrected chi connectivity index (χ2v) is 6.36. The lowest BCUT2D eigenvalue weighted by Crippen LogP contribution is -2.49. The van der Waals surface area contributed by atoms with Crippen LogP contribution in [0.15, 0.2) is 0 Å². The summed E-state index contributed by atoms with van der Waals surface area (Å²) in [4.78, 5) is 25.6. The number of rotatable bonds is 3. The first-order valence-corrected chi connectivity index (χ1v) is 7.12. The Morgan fingerprint density at radius 3 is 2.55 bits per heavy atom. The maximum absolute atomic E-state index is 12.2. The molecule has 6 heteroatoms. The number of likely N-dealkylation sites (tertiary alicyclic amines) is 1. The van der Waals surface area contributed by atoms with Gasteiger partial charge in [-0.2, -0.15) is 0 Å². The second-order valence-electron chi connectivity index (χ2n) is 6.36. The maximum Gasteiger partial charge on any atom is 0.411 e. The molecule has 3 atom stereocenters. The van der Waals surface area contributed by atoms with E-state index < -0.39 is 23.8 Å². The van der Waals surface area contributed by atoms with Crippen LogP contribution in [0.4, 0.5) is 4.79 Å². The zero-order valence-electron chi connectivity index (χ0n) is 13.0. The second kappa shape index (κ2) is 6.43. The molecule has 1 aliphatic rings. The van der Waals surface area contributed by atoms with Crippen molar-refractivity contribution in [2.45, 2.75) is 71.2 Å². The Balaban J connectivity index is 2.73. The molecule has 1 fully saturated rings. The van der Waals surface area contributed by atoms with Gasteiger partial charge in [0.1, 0.15) is 11.6 Å². The van der Waals surface area contributed by atoms with Crippen LogP contribution < -0.4 is 5.32 Å². The van der Waals surface area contributed by atoms with E-state index in [-0.39, 0.29) is 24.9 Å². The third-order valence-electron chi connectivity index (χ3n) is 3.21. The molecule has 116 valence electrons. The van der Waals surface area contributed by atoms with Crippen LogP contribution in [-0.2, 0) is 9.53 Å². The first kappa shape index (κ1) is 16.8. The van der Waals surface area contributed by atoms with Crippen LogP contribution in [-0.4, -0.2) is 52.3 Å². The van der Waals surface area contributed by atoms with Gasteiger partial charge >= 0.3 is 6.09 Å². The Morgan fingerprint density at radius 1 is 1.45 bits per heavy atom. The molecule has 2 N–H and O–H groups in total. The van der Waals surface area contributed by atoms with Gasteiger partial charge in [0.25, 0.3) is 0 Å². The summed E-state index contributed by atoms with van der Waals surface area (Å²) < 4.78 is 5.28. The van der Waals surface area contributed by atoms with E-state index in [0.717, 1.165) is 6.42 Å². The molecule has 0 aromatic rings. The SMILES string of the molecule is CCC(C)NC(=O)[C@@H]1CC(O)CN1C(=O)OC(C)(C)C. The van der Waals surface area contributed by atoms with Crippen molar-refractivity contribution in [3.63, 3.8) is 0 Å². The number of amides is 2. The predicted molar refractivity (Wildman–Crippen MR) is 75.2 cm³/mol. The highest BCUT2D eigenvalue weighted by atomic mass is 16.6. The summed E-state index contributed by atoms with van der Waals surface area (Å²) >= 11 is 0. The van der Waals surface area contributed by atoms with Gasteiger partial charge in [0.15, 0.2) is 0 Å². The molecule has 0 aromatic carbocycles. The Bertz CT molecular complexity index is 365. The fourth-order valence-corrected chi connectivity index (χ4v) is 2.03. The highest BCUT2D eigenvalue weighted by Crippen LogP contribution is 2.21. The Hall–Kier alpha value is -1.30. The molecule has 0 spiro atoms. The summed E-state index contributed by atoms with van der Waals surface area (Å²) in [5.74, 6) is -0.234. The molecule has 1 saturated heterocycles. The van der Waals surface area contributed by atoms with Crippen molar-refractivity contribution in [2.75, 3.05) is 6.54 Å². The Morgan fingerprint density at radius 2 is 2.05 bits per heavy atom. The van der Waals surface area contributed by atoms with Crippen LogP contribution in [0.2, 0.25) is 0 Å². The summed E-state index contributed by atoms with van der Waals surface area (Å²) in [6, 6.07) is -0.616. The molecule has 0 radical (unpaired) electrons. The van der Waals surface area contributed by atoms with Crippen molar-refractivity contribution in [3.05, 3.63) is 0 Å². The highest BCUT2D eigenvalue weighted by molar-refractivity contribution is 5.86. The molecule has 6 nitrogen and oxygen atoms in total. The fraction of sp³-hybridized carbons (Fsp3) is 0.857. The first-order chi connectivity index (χ1) is 9.14. The monoisotopic (exact) mass is 286 g/mol. The number of hydrogen-bond acceptors (Lipinski definition) is 4. The average molecular weight is 286 g/mol. The summed E-state index contributed by atoms with van der Waals surface area (Å²) in [6.07, 6.45) is -0.178. The molecule has 2 unspecified atom stereocenters. The van der Waals surface area contributed by atoms with Gasteiger partial charge in [-0.15, -0.1) is 0 Å². The zero-order chi connectivity index (χ0) is 15.5. The lowest BCUT2D eigenvalue weighted by Gasteiger charge is -2.28. The highest BCUT2D eigenvalue weighted by Gasteiger charge is 2.40. The average Bonchev–Trinajstić information content (AvgIpc) is 2.69. The van der Waals surface area contributed by atoms with E-state index in [0.29, 0.717) is 0 Å². The number of aliphatic hydroxyl groups excluding tert-OH is 1. The van der Waals surface area contributed by atoms with Gasteiger partial charge in [-0.1, -0.05) is 6.92 Å². The van der Waals surface area contributed by atoms with Crippen LogP contribution in [0.5, 0.6) is 0 Å². The summed E-state index contributed by atoms with van der Waals surface area (Å²) in [6.45, 7) is 9.32. The minimum atomic E-state index is -0.685. The van der Waals surface area contributed by atoms with Crippen molar-refractivity contribution >= 4 is 12.0 Å². The number of carbonyl (C=O) groups excluding carboxylic acids is 2. The van der Waals surface area contributed by atoms with E-state index in [2.05, 4.69) is 5.32 Å². The quantitative estimate of drug-likeness (QED) is 0.819. The van der Waals surface area contributed by atoms with Gasteiger partial charge in [0.05, 0.1) is 12.6 Å². The molecular formula is C14H26N2O4. The Labute approximate surface area is 120 Å². The summed E-state index contributed by atoms with van der Waals surface area (Å²) in [5.41, 5.74) is -0.623. The molecule has 1 heterocycles. The largest absolute Gasteiger partial charge is 0.444 e. The number of carbonyl (C=O) groups is 2. The van der Waals surface area contributed by atoms with E-state index in [9.17, 15) is 14.7 Å². The van der Waals surface area contributed by atoms with Crippen LogP contribution in [0.1, 0.15) is 47.5 Å². The van der Waals surface area contributed by atoms with Gasteiger partial charge in [0, 0.05) is 12.5 Å². The molecular weight excluding hydrogens is 260 g/mol. The minimum Gasteiger partial charge on any atom is -0.444 e. The number of nitrogens with one attached hydrogen (secondary N) is 1. The first-order valence-electron chi connectivity index (χ1n) is 7.12. The van der Waals surface area contributed by atoms with Crippen LogP contribution in [0.25, 0.3) is 0 Å². The van der Waals surface area contributed by atoms with Gasteiger partial charge in [-0.05, 0) is 34.1 Å². The van der Waals surface area contributed by atoms with E-state index in [4.69, 9.17) is 4.74 Å². The molecule has 0 aliphatic carbocycles. The van der Waals surface area contributed by atoms with Crippen molar-refractivity contribution in [2.24, 2.45) is 0 Å². The standard InChI is InChI=1S/C14H26N2O4/c1-6-9(2)15-12(18)11-7-10(17)8-16(11)13(19)20-14(3,4)5/h9-11,17H,6-8H2,1-5H3,(H,15,18)/t9?,10?,11-/m0/s1. The van der Waals surface area contributed by atoms with E-state index in [1.54, 1.807) is 20.8 Å². The van der Waals surface area contributed by atoms with Crippen molar-refractivity contribution in [1.29, 1.82) is 0 Å². The fourth-order valence-electron chi connectivity index (χ4n) is 2.03. The third-order valence-corrected chi connectivity index (χ3v) is 3.21. The smallest absolute Gasteiger partial charge is 0.411 e. The number of hydrogen-bond donors (Lipinski definition) is 2. The number of ether oxygens (including phenoxy) is 1. The van der Waals surface area contributed by atoms with Crippen LogP contribution in [0, 0.1) is 0 Å². The van der Waals surface area contributed by atoms with E-state index in [1.807, 2.05) is 13.8 Å². The topological polar surface area (TPSA) is 78.9 Å². The lowest BCUT2D eigenvalue weighted by atomic mass is 10.1. The van der Waals surface area contributed by atoms with Gasteiger partial charge in [-0.25, -0.2) is 4.79 Å². The number of β-amino-alcohol motifs (C(OH)–C–C–N with tert-alkyl or cyclic N) is 1. The van der Waals surface area contributed by atoms with Crippen LogP contribution >= 0.6 is 0 Å². The number of nitrogens with zero attached hydrogens (tertiary/aromatic N) is 1. The van der Waals surface area contributed by atoms with Crippen molar-refractivity contribution < 1.29 is 19.4 Å². The van der Waals surface area contributed by atoms with E-state index in [1.165, 1.54) is 4.90 Å². The molecule has 2 amide bonds. The van der Waals surface area contributed by atoms with Crippen molar-refractivity contribution in [3.8, 4) is 0 Å². The molecule has 0 saturated carbocycles. The van der Waals surface area contributed by atoms with Gasteiger partial charge < -0.3 is 15.2 Å². The van der Waals surface area contributed by atoms with E-state index >= 15 is 0 Å². The number of aliphatic hydroxyl groups is 1. The molecule has 20 heavy (non-hydrogen) atoms.